The van der Waals surface area contributed by atoms with Gasteiger partial charge in [0, 0.05) is 18.7 Å². The van der Waals surface area contributed by atoms with E-state index in [0.29, 0.717) is 30.3 Å². The van der Waals surface area contributed by atoms with Gasteiger partial charge in [-0.2, -0.15) is 0 Å². The Labute approximate surface area is 204 Å². The number of aliphatic hydroxyl groups is 1. The van der Waals surface area contributed by atoms with Gasteiger partial charge in [-0.15, -0.1) is 0 Å². The number of hydrogen-bond donors (Lipinski definition) is 1. The molecular formula is C27H30FNO6. The number of halogens is 1. The number of amides is 1. The zero-order valence-corrected chi connectivity index (χ0v) is 20.0. The van der Waals surface area contributed by atoms with Crippen LogP contribution in [0.3, 0.4) is 0 Å². The molecule has 2 aliphatic rings. The van der Waals surface area contributed by atoms with Gasteiger partial charge in [0.15, 0.2) is 11.5 Å². The molecule has 2 atom stereocenters. The average molecular weight is 484 g/mol. The van der Waals surface area contributed by atoms with E-state index in [9.17, 15) is 19.1 Å². The number of methoxy groups -OCH3 is 1. The molecule has 2 unspecified atom stereocenters. The topological polar surface area (TPSA) is 85.3 Å². The van der Waals surface area contributed by atoms with E-state index >= 15 is 0 Å². The third-order valence-electron chi connectivity index (χ3n) is 6.34. The predicted octanol–water partition coefficient (Wildman–Crippen LogP) is 4.61. The lowest BCUT2D eigenvalue weighted by molar-refractivity contribution is -0.140. The number of carbonyl (C=O) groups is 2. The number of hydrogen-bond acceptors (Lipinski definition) is 6. The summed E-state index contributed by atoms with van der Waals surface area (Å²) in [5, 5.41) is 11.1. The van der Waals surface area contributed by atoms with Crippen LogP contribution in [0.5, 0.6) is 11.5 Å². The van der Waals surface area contributed by atoms with E-state index in [1.807, 2.05) is 0 Å². The van der Waals surface area contributed by atoms with Gasteiger partial charge >= 0.3 is 0 Å². The lowest BCUT2D eigenvalue weighted by Crippen LogP contribution is -2.36. The first-order valence-corrected chi connectivity index (χ1v) is 11.9. The van der Waals surface area contributed by atoms with E-state index < -0.39 is 23.5 Å². The van der Waals surface area contributed by atoms with Gasteiger partial charge in [0.1, 0.15) is 11.6 Å². The highest BCUT2D eigenvalue weighted by Gasteiger charge is 2.47. The molecule has 8 heteroatoms. The first kappa shape index (κ1) is 24.7. The van der Waals surface area contributed by atoms with Crippen LogP contribution in [0.4, 0.5) is 4.39 Å². The Morgan fingerprint density at radius 2 is 1.94 bits per heavy atom. The molecule has 0 bridgehead atoms. The summed E-state index contributed by atoms with van der Waals surface area (Å²) in [6.07, 6.45) is 3.35. The summed E-state index contributed by atoms with van der Waals surface area (Å²) in [6.45, 7) is 3.43. The van der Waals surface area contributed by atoms with Crippen molar-refractivity contribution in [3.8, 4) is 11.5 Å². The fourth-order valence-electron chi connectivity index (χ4n) is 4.49. The first-order valence-electron chi connectivity index (χ1n) is 11.9. The molecule has 2 saturated heterocycles. The van der Waals surface area contributed by atoms with Crippen LogP contribution < -0.4 is 9.47 Å². The first-order chi connectivity index (χ1) is 16.9. The average Bonchev–Trinajstić information content (AvgIpc) is 3.47. The molecule has 1 amide bonds. The van der Waals surface area contributed by atoms with Crippen LogP contribution in [0, 0.1) is 5.82 Å². The fourth-order valence-corrected chi connectivity index (χ4v) is 4.49. The molecule has 0 spiro atoms. The fraction of sp³-hybridized carbons (Fsp3) is 0.407. The standard InChI is InChI=1S/C27H30FNO6/c1-3-4-13-35-21-12-9-18(15-22(21)33-2)24-23(25(30)17-7-10-19(28)11-8-17)26(31)27(32)29(24)16-20-6-5-14-34-20/h7-12,15,20,24,30H,3-6,13-14,16H2,1-2H3. The molecule has 2 heterocycles. The van der Waals surface area contributed by atoms with Crippen LogP contribution in [0.25, 0.3) is 5.76 Å². The van der Waals surface area contributed by atoms with Crippen LogP contribution in [0.2, 0.25) is 0 Å². The molecule has 2 aliphatic heterocycles. The van der Waals surface area contributed by atoms with Gasteiger partial charge in [-0.3, -0.25) is 9.59 Å². The second kappa shape index (κ2) is 10.9. The number of rotatable bonds is 9. The zero-order chi connectivity index (χ0) is 24.9. The molecule has 0 radical (unpaired) electrons. The Kier molecular flexibility index (Phi) is 7.70. The molecular weight excluding hydrogens is 453 g/mol. The number of benzene rings is 2. The van der Waals surface area contributed by atoms with Gasteiger partial charge in [0.2, 0.25) is 0 Å². The lowest BCUT2D eigenvalue weighted by atomic mass is 9.94. The number of carbonyl (C=O) groups excluding carboxylic acids is 2. The third-order valence-corrected chi connectivity index (χ3v) is 6.34. The summed E-state index contributed by atoms with van der Waals surface area (Å²) in [5.41, 5.74) is 0.782. The molecule has 186 valence electrons. The van der Waals surface area contributed by atoms with Crippen LogP contribution >= 0.6 is 0 Å². The van der Waals surface area contributed by atoms with Crippen molar-refractivity contribution in [2.45, 2.75) is 44.8 Å². The minimum atomic E-state index is -0.858. The van der Waals surface area contributed by atoms with E-state index in [2.05, 4.69) is 6.92 Å². The maximum absolute atomic E-state index is 13.5. The number of unbranched alkanes of at least 4 members (excludes halogenated alkanes) is 1. The zero-order valence-electron chi connectivity index (χ0n) is 20.0. The Balaban J connectivity index is 1.78. The maximum Gasteiger partial charge on any atom is 0.295 e. The number of ether oxygens (including phenoxy) is 3. The number of Topliss-reactive ketones (excluding diaryl/α,β-unsaturated/α-hetero) is 1. The van der Waals surface area contributed by atoms with Crippen molar-refractivity contribution in [2.75, 3.05) is 26.9 Å². The molecule has 7 nitrogen and oxygen atoms in total. The monoisotopic (exact) mass is 483 g/mol. The van der Waals surface area contributed by atoms with Gasteiger partial charge in [0.05, 0.1) is 31.4 Å². The summed E-state index contributed by atoms with van der Waals surface area (Å²) in [7, 11) is 1.52. The van der Waals surface area contributed by atoms with E-state index in [4.69, 9.17) is 14.2 Å². The van der Waals surface area contributed by atoms with Gasteiger partial charge in [-0.05, 0) is 61.2 Å². The van der Waals surface area contributed by atoms with Crippen molar-refractivity contribution in [3.05, 3.63) is 65.0 Å². The van der Waals surface area contributed by atoms with Crippen LogP contribution in [0.15, 0.2) is 48.0 Å². The molecule has 2 aromatic rings. The highest BCUT2D eigenvalue weighted by Crippen LogP contribution is 2.42. The van der Waals surface area contributed by atoms with Crippen molar-refractivity contribution in [2.24, 2.45) is 0 Å². The second-order valence-corrected chi connectivity index (χ2v) is 8.71. The van der Waals surface area contributed by atoms with Gasteiger partial charge < -0.3 is 24.2 Å². The Morgan fingerprint density at radius 3 is 2.60 bits per heavy atom. The highest BCUT2D eigenvalue weighted by molar-refractivity contribution is 6.46. The second-order valence-electron chi connectivity index (χ2n) is 8.71. The molecule has 0 saturated carbocycles. The normalized spacial score (nSPS) is 21.5. The van der Waals surface area contributed by atoms with Crippen molar-refractivity contribution in [3.63, 3.8) is 0 Å². The van der Waals surface area contributed by atoms with E-state index in [1.165, 1.54) is 36.3 Å². The Morgan fingerprint density at radius 1 is 1.17 bits per heavy atom. The predicted molar refractivity (Wildman–Crippen MR) is 128 cm³/mol. The number of likely N-dealkylation sites (tertiary alicyclic amines) is 1. The maximum atomic E-state index is 13.5. The summed E-state index contributed by atoms with van der Waals surface area (Å²) >= 11 is 0. The summed E-state index contributed by atoms with van der Waals surface area (Å²) < 4.78 is 30.5. The molecule has 0 aromatic heterocycles. The summed E-state index contributed by atoms with van der Waals surface area (Å²) in [4.78, 5) is 27.7. The SMILES string of the molecule is CCCCOc1ccc(C2C(=C(O)c3ccc(F)cc3)C(=O)C(=O)N2CC2CCCO2)cc1OC. The molecule has 2 aromatic carbocycles. The van der Waals surface area contributed by atoms with E-state index in [0.717, 1.165) is 25.7 Å². The largest absolute Gasteiger partial charge is 0.507 e. The van der Waals surface area contributed by atoms with Gasteiger partial charge in [0.25, 0.3) is 11.7 Å². The third kappa shape index (κ3) is 5.17. The minimum Gasteiger partial charge on any atom is -0.507 e. The van der Waals surface area contributed by atoms with E-state index in [-0.39, 0.29) is 29.5 Å². The lowest BCUT2D eigenvalue weighted by Gasteiger charge is -2.28. The van der Waals surface area contributed by atoms with Crippen LogP contribution in [0.1, 0.15) is 49.8 Å². The molecule has 1 N–H and O–H groups in total. The number of ketones is 1. The summed E-state index contributed by atoms with van der Waals surface area (Å²) in [6, 6.07) is 9.51. The highest BCUT2D eigenvalue weighted by atomic mass is 19.1. The smallest absolute Gasteiger partial charge is 0.295 e. The number of aliphatic hydroxyl groups excluding tert-OH is 1. The van der Waals surface area contributed by atoms with Crippen molar-refractivity contribution >= 4 is 17.4 Å². The molecule has 4 rings (SSSR count). The Bertz CT molecular complexity index is 1110. The number of nitrogens with zero attached hydrogens (tertiary/aromatic N) is 1. The Hall–Kier alpha value is -3.39. The van der Waals surface area contributed by atoms with Crippen LogP contribution in [-0.4, -0.2) is 54.7 Å². The quantitative estimate of drug-likeness (QED) is 0.243. The summed E-state index contributed by atoms with van der Waals surface area (Å²) in [5.74, 6) is -1.32. The van der Waals surface area contributed by atoms with E-state index in [1.54, 1.807) is 18.2 Å². The van der Waals surface area contributed by atoms with Gasteiger partial charge in [-0.1, -0.05) is 19.4 Å². The molecule has 2 fully saturated rings. The van der Waals surface area contributed by atoms with Gasteiger partial charge in [-0.25, -0.2) is 4.39 Å². The van der Waals surface area contributed by atoms with Crippen LogP contribution in [-0.2, 0) is 14.3 Å². The molecule has 0 aliphatic carbocycles. The van der Waals surface area contributed by atoms with Crippen molar-refractivity contribution < 1.29 is 33.3 Å². The van der Waals surface area contributed by atoms with Crippen molar-refractivity contribution in [1.29, 1.82) is 0 Å². The van der Waals surface area contributed by atoms with Crippen molar-refractivity contribution in [1.82, 2.24) is 4.90 Å². The molecule has 35 heavy (non-hydrogen) atoms. The minimum absolute atomic E-state index is 0.0543.